The number of nitrogens with two attached hydrogens (primary N) is 2. The molecule has 0 spiro atoms. The summed E-state index contributed by atoms with van der Waals surface area (Å²) >= 11 is 9.54. The van der Waals surface area contributed by atoms with Crippen molar-refractivity contribution in [2.24, 2.45) is 10.9 Å². The Morgan fingerprint density at radius 2 is 2.08 bits per heavy atom. The SMILES string of the molecule is Nc1nc(C(=NOCCF)C(=O)OC(=O)C2=C(Sc3ccc(CCl)cc3)CS[C@H]3C(N)C(=O)N23)cs1. The Hall–Kier alpha value is -2.65. The molecule has 1 saturated heterocycles. The molecule has 2 aliphatic heterocycles. The summed E-state index contributed by atoms with van der Waals surface area (Å²) < 4.78 is 17.6. The Morgan fingerprint density at radius 3 is 2.72 bits per heavy atom. The number of thioether (sulfide) groups is 2. The van der Waals surface area contributed by atoms with Gasteiger partial charge in [-0.15, -0.1) is 34.7 Å². The number of fused-ring (bicyclic) bond motifs is 1. The normalized spacial score (nSPS) is 19.6. The second-order valence-corrected chi connectivity index (χ2v) is 10.7. The lowest BCUT2D eigenvalue weighted by Gasteiger charge is -2.48. The molecule has 190 valence electrons. The fraction of sp³-hybridized carbons (Fsp3) is 0.286. The van der Waals surface area contributed by atoms with Crippen LogP contribution in [0.4, 0.5) is 9.52 Å². The standard InChI is InChI=1S/C21H19ClFN5O5S3/c22-7-10-1-3-11(4-2-10)36-13-9-34-18-14(24)17(29)28(18)16(13)20(31)33-19(30)15(27-32-6-5-23)12-8-35-21(25)26-12/h1-4,8,14,18H,5-7,9,24H2,(H2,25,26)/t14?,18-/m0/s1. The minimum absolute atomic E-state index is 0.00348. The number of thiazole rings is 1. The van der Waals surface area contributed by atoms with Crippen LogP contribution in [0.5, 0.6) is 0 Å². The van der Waals surface area contributed by atoms with Crippen molar-refractivity contribution in [2.45, 2.75) is 22.2 Å². The highest BCUT2D eigenvalue weighted by Crippen LogP contribution is 2.45. The van der Waals surface area contributed by atoms with Crippen molar-refractivity contribution in [1.82, 2.24) is 9.88 Å². The van der Waals surface area contributed by atoms with Crippen LogP contribution in [-0.4, -0.2) is 63.9 Å². The Bertz CT molecular complexity index is 1240. The molecule has 1 aromatic carbocycles. The maximum absolute atomic E-state index is 13.2. The number of amides is 1. The number of esters is 2. The first kappa shape index (κ1) is 26.4. The summed E-state index contributed by atoms with van der Waals surface area (Å²) in [6.07, 6.45) is 0. The monoisotopic (exact) mass is 571 g/mol. The number of alkyl halides is 2. The number of aromatic nitrogens is 1. The van der Waals surface area contributed by atoms with Gasteiger partial charge >= 0.3 is 11.9 Å². The van der Waals surface area contributed by atoms with Crippen molar-refractivity contribution < 1.29 is 28.3 Å². The molecular formula is C21H19ClFN5O5S3. The zero-order chi connectivity index (χ0) is 25.8. The van der Waals surface area contributed by atoms with E-state index in [9.17, 15) is 18.8 Å². The average Bonchev–Trinajstić information content (AvgIpc) is 3.31. The van der Waals surface area contributed by atoms with E-state index in [1.807, 2.05) is 24.3 Å². The number of rotatable bonds is 9. The van der Waals surface area contributed by atoms with E-state index in [2.05, 4.69) is 10.1 Å². The van der Waals surface area contributed by atoms with E-state index >= 15 is 0 Å². The number of ether oxygens (including phenoxy) is 1. The first-order valence-electron chi connectivity index (χ1n) is 10.3. The molecule has 3 heterocycles. The van der Waals surface area contributed by atoms with Crippen molar-refractivity contribution >= 4 is 75.2 Å². The zero-order valence-corrected chi connectivity index (χ0v) is 21.6. The molecule has 0 saturated carbocycles. The molecule has 4 N–H and O–H groups in total. The number of hydrogen-bond donors (Lipinski definition) is 2. The summed E-state index contributed by atoms with van der Waals surface area (Å²) in [6.45, 7) is -1.27. The number of hydrogen-bond acceptors (Lipinski definition) is 12. The van der Waals surface area contributed by atoms with Gasteiger partial charge in [0.1, 0.15) is 36.1 Å². The van der Waals surface area contributed by atoms with Crippen LogP contribution in [0.15, 0.2) is 50.3 Å². The molecule has 0 radical (unpaired) electrons. The Balaban J connectivity index is 1.62. The predicted octanol–water partition coefficient (Wildman–Crippen LogP) is 2.47. The lowest BCUT2D eigenvalue weighted by atomic mass is 10.1. The molecule has 36 heavy (non-hydrogen) atoms. The summed E-state index contributed by atoms with van der Waals surface area (Å²) in [6, 6.07) is 6.60. The molecule has 1 fully saturated rings. The highest BCUT2D eigenvalue weighted by molar-refractivity contribution is 8.06. The minimum atomic E-state index is -1.19. The molecule has 1 aromatic heterocycles. The lowest BCUT2D eigenvalue weighted by molar-refractivity contribution is -0.157. The van der Waals surface area contributed by atoms with Gasteiger partial charge in [-0.2, -0.15) is 0 Å². The van der Waals surface area contributed by atoms with Crippen LogP contribution in [0.2, 0.25) is 0 Å². The van der Waals surface area contributed by atoms with Gasteiger partial charge in [-0.05, 0) is 17.7 Å². The van der Waals surface area contributed by atoms with Crippen LogP contribution in [0.25, 0.3) is 0 Å². The number of carbonyl (C=O) groups is 3. The summed E-state index contributed by atoms with van der Waals surface area (Å²) in [4.78, 5) is 49.9. The number of nitrogens with zero attached hydrogens (tertiary/aromatic N) is 3. The van der Waals surface area contributed by atoms with Gasteiger partial charge in [0.15, 0.2) is 5.13 Å². The molecule has 1 amide bonds. The van der Waals surface area contributed by atoms with Gasteiger partial charge in [-0.3, -0.25) is 9.69 Å². The van der Waals surface area contributed by atoms with Crippen LogP contribution in [0.1, 0.15) is 11.3 Å². The second-order valence-electron chi connectivity index (χ2n) is 7.30. The minimum Gasteiger partial charge on any atom is -0.392 e. The largest absolute Gasteiger partial charge is 0.392 e. The van der Waals surface area contributed by atoms with E-state index in [1.54, 1.807) is 0 Å². The molecule has 15 heteroatoms. The van der Waals surface area contributed by atoms with Gasteiger partial charge in [0.05, 0.1) is 0 Å². The van der Waals surface area contributed by atoms with Crippen LogP contribution >= 0.6 is 46.5 Å². The Labute approximate surface area is 222 Å². The van der Waals surface area contributed by atoms with E-state index in [-0.39, 0.29) is 16.5 Å². The molecule has 0 aliphatic carbocycles. The number of anilines is 1. The molecule has 2 atom stereocenters. The first-order chi connectivity index (χ1) is 17.3. The number of halogens is 2. The number of nitrogen functional groups attached to an aromatic ring is 1. The number of benzene rings is 1. The van der Waals surface area contributed by atoms with E-state index in [4.69, 9.17) is 32.6 Å². The van der Waals surface area contributed by atoms with Gasteiger partial charge in [-0.1, -0.05) is 29.1 Å². The number of β-lactam (4-membered cyclic amide) rings is 1. The van der Waals surface area contributed by atoms with E-state index < -0.39 is 48.3 Å². The van der Waals surface area contributed by atoms with Crippen LogP contribution in [-0.2, 0) is 29.8 Å². The lowest BCUT2D eigenvalue weighted by Crippen LogP contribution is -2.68. The third-order valence-electron chi connectivity index (χ3n) is 4.95. The van der Waals surface area contributed by atoms with Crippen molar-refractivity contribution in [3.63, 3.8) is 0 Å². The van der Waals surface area contributed by atoms with Crippen molar-refractivity contribution in [1.29, 1.82) is 0 Å². The highest BCUT2D eigenvalue weighted by atomic mass is 35.5. The van der Waals surface area contributed by atoms with Gasteiger partial charge in [0, 0.05) is 26.8 Å². The van der Waals surface area contributed by atoms with Gasteiger partial charge in [-0.25, -0.2) is 19.0 Å². The molecule has 2 aliphatic rings. The maximum atomic E-state index is 13.2. The van der Waals surface area contributed by atoms with Crippen molar-refractivity contribution in [2.75, 3.05) is 24.8 Å². The maximum Gasteiger partial charge on any atom is 0.370 e. The van der Waals surface area contributed by atoms with Gasteiger partial charge in [0.2, 0.25) is 11.6 Å². The van der Waals surface area contributed by atoms with Crippen molar-refractivity contribution in [3.05, 3.63) is 51.5 Å². The third-order valence-corrected chi connectivity index (χ3v) is 8.51. The fourth-order valence-corrected chi connectivity index (χ4v) is 6.40. The average molecular weight is 572 g/mol. The van der Waals surface area contributed by atoms with Crippen LogP contribution < -0.4 is 11.5 Å². The van der Waals surface area contributed by atoms with Gasteiger partial charge < -0.3 is 21.0 Å². The van der Waals surface area contributed by atoms with Crippen molar-refractivity contribution in [3.8, 4) is 0 Å². The Kier molecular flexibility index (Phi) is 8.51. The summed E-state index contributed by atoms with van der Waals surface area (Å²) in [7, 11) is 0. The molecular weight excluding hydrogens is 553 g/mol. The summed E-state index contributed by atoms with van der Waals surface area (Å²) in [5.41, 5.74) is 11.9. The summed E-state index contributed by atoms with van der Waals surface area (Å²) in [5.74, 6) is -2.00. The second kappa shape index (κ2) is 11.6. The van der Waals surface area contributed by atoms with Crippen LogP contribution in [0.3, 0.4) is 0 Å². The number of carbonyl (C=O) groups excluding carboxylic acids is 3. The molecule has 10 nitrogen and oxygen atoms in total. The molecule has 4 rings (SSSR count). The quantitative estimate of drug-likeness (QED) is 0.0873. The fourth-order valence-electron chi connectivity index (χ4n) is 3.26. The zero-order valence-electron chi connectivity index (χ0n) is 18.4. The third kappa shape index (κ3) is 5.52. The van der Waals surface area contributed by atoms with E-state index in [1.165, 1.54) is 33.8 Å². The summed E-state index contributed by atoms with van der Waals surface area (Å²) in [5, 5.41) is 4.66. The first-order valence-corrected chi connectivity index (χ1v) is 13.6. The smallest absolute Gasteiger partial charge is 0.370 e. The van der Waals surface area contributed by atoms with E-state index in [0.717, 1.165) is 21.8 Å². The highest BCUT2D eigenvalue weighted by Gasteiger charge is 2.52. The topological polar surface area (TPSA) is 150 Å². The van der Waals surface area contributed by atoms with Gasteiger partial charge in [0.25, 0.3) is 0 Å². The number of oxime groups is 1. The molecule has 1 unspecified atom stereocenters. The molecule has 2 aromatic rings. The predicted molar refractivity (Wildman–Crippen MR) is 136 cm³/mol. The molecule has 0 bridgehead atoms. The Morgan fingerprint density at radius 1 is 1.33 bits per heavy atom. The van der Waals surface area contributed by atoms with E-state index in [0.29, 0.717) is 16.5 Å². The van der Waals surface area contributed by atoms with Crippen LogP contribution in [0, 0.1) is 0 Å².